The molecule has 1 saturated heterocycles. The van der Waals surface area contributed by atoms with E-state index in [0.717, 1.165) is 18.2 Å². The first-order valence-electron chi connectivity index (χ1n) is 3.29. The molecule has 0 aromatic rings. The molecule has 1 aliphatic heterocycles. The van der Waals surface area contributed by atoms with Gasteiger partial charge in [0.05, 0.1) is 0 Å². The molecule has 1 fully saturated rings. The third-order valence-corrected chi connectivity index (χ3v) is 3.14. The summed E-state index contributed by atoms with van der Waals surface area (Å²) in [5, 5.41) is 1.01. The van der Waals surface area contributed by atoms with Crippen molar-refractivity contribution in [3.63, 3.8) is 0 Å². The molecular weight excluding hydrogens is 150 g/mol. The Morgan fingerprint density at radius 1 is 1.30 bits per heavy atom. The monoisotopic (exact) mass is 161 g/mol. The number of hydrogen-bond acceptors (Lipinski definition) is 2. The van der Waals surface area contributed by atoms with Gasteiger partial charge < -0.3 is 0 Å². The van der Waals surface area contributed by atoms with Crippen LogP contribution in [-0.4, -0.2) is 25.8 Å². The topological polar surface area (TPSA) is 37.4 Å². The Kier molecular flexibility index (Phi) is 2.11. The average Bonchev–Trinajstić information content (AvgIpc) is 2.38. The first-order chi connectivity index (χ1) is 4.67. The van der Waals surface area contributed by atoms with E-state index >= 15 is 0 Å². The van der Waals surface area contributed by atoms with Gasteiger partial charge in [0.15, 0.2) is 0 Å². The zero-order valence-electron chi connectivity index (χ0n) is 5.78. The summed E-state index contributed by atoms with van der Waals surface area (Å²) in [6, 6.07) is 0. The van der Waals surface area contributed by atoms with Crippen LogP contribution in [0.3, 0.4) is 0 Å². The molecule has 0 N–H and O–H groups in total. The molecule has 0 spiro atoms. The second-order valence-electron chi connectivity index (χ2n) is 2.32. The van der Waals surface area contributed by atoms with E-state index in [0.29, 0.717) is 13.1 Å². The number of nitrogens with zero attached hydrogens (tertiary/aromatic N) is 1. The fourth-order valence-electron chi connectivity index (χ4n) is 1.05. The van der Waals surface area contributed by atoms with Crippen molar-refractivity contribution in [2.75, 3.05) is 13.1 Å². The highest BCUT2D eigenvalue weighted by molar-refractivity contribution is 7.92. The third-order valence-electron chi connectivity index (χ3n) is 1.64. The summed E-state index contributed by atoms with van der Waals surface area (Å²) in [4.78, 5) is 0. The maximum atomic E-state index is 11.0. The molecule has 0 aromatic carbocycles. The molecule has 58 valence electrons. The van der Waals surface area contributed by atoms with Crippen molar-refractivity contribution >= 4 is 10.0 Å². The van der Waals surface area contributed by atoms with E-state index in [9.17, 15) is 8.42 Å². The normalized spacial score (nSPS) is 21.2. The van der Waals surface area contributed by atoms with E-state index in [4.69, 9.17) is 0 Å². The van der Waals surface area contributed by atoms with Gasteiger partial charge in [-0.1, -0.05) is 6.58 Å². The van der Waals surface area contributed by atoms with Crippen LogP contribution >= 0.6 is 0 Å². The Bertz CT molecular complexity index is 214. The Morgan fingerprint density at radius 3 is 2.20 bits per heavy atom. The summed E-state index contributed by atoms with van der Waals surface area (Å²) < 4.78 is 23.5. The van der Waals surface area contributed by atoms with Crippen molar-refractivity contribution in [1.82, 2.24) is 4.31 Å². The molecule has 0 saturated carbocycles. The molecular formula is C6H11NO2S. The maximum absolute atomic E-state index is 11.0. The maximum Gasteiger partial charge on any atom is 0.235 e. The van der Waals surface area contributed by atoms with Crippen molar-refractivity contribution < 1.29 is 8.42 Å². The van der Waals surface area contributed by atoms with Crippen LogP contribution in [0.5, 0.6) is 0 Å². The van der Waals surface area contributed by atoms with Gasteiger partial charge in [-0.15, -0.1) is 0 Å². The second kappa shape index (κ2) is 2.72. The van der Waals surface area contributed by atoms with Gasteiger partial charge in [0.2, 0.25) is 10.0 Å². The molecule has 1 aliphatic rings. The number of rotatable bonds is 2. The van der Waals surface area contributed by atoms with Gasteiger partial charge in [-0.3, -0.25) is 0 Å². The van der Waals surface area contributed by atoms with Crippen molar-refractivity contribution in [2.24, 2.45) is 0 Å². The molecule has 0 aliphatic carbocycles. The second-order valence-corrected chi connectivity index (χ2v) is 4.20. The molecule has 1 rings (SSSR count). The van der Waals surface area contributed by atoms with Gasteiger partial charge in [-0.2, -0.15) is 4.31 Å². The molecule has 10 heavy (non-hydrogen) atoms. The molecule has 1 heterocycles. The lowest BCUT2D eigenvalue weighted by Gasteiger charge is -2.10. The van der Waals surface area contributed by atoms with Crippen LogP contribution in [0.4, 0.5) is 0 Å². The van der Waals surface area contributed by atoms with Gasteiger partial charge in [-0.05, 0) is 12.8 Å². The summed E-state index contributed by atoms with van der Waals surface area (Å²) in [6.45, 7) is 4.57. The summed E-state index contributed by atoms with van der Waals surface area (Å²) in [6.07, 6.45) is 1.96. The van der Waals surface area contributed by atoms with Crippen molar-refractivity contribution in [3.05, 3.63) is 12.0 Å². The zero-order chi connectivity index (χ0) is 7.61. The van der Waals surface area contributed by atoms with Crippen LogP contribution in [0.15, 0.2) is 12.0 Å². The minimum absolute atomic E-state index is 0.661. The Morgan fingerprint density at radius 2 is 1.80 bits per heavy atom. The Hall–Kier alpha value is -0.350. The zero-order valence-corrected chi connectivity index (χ0v) is 6.60. The van der Waals surface area contributed by atoms with Crippen LogP contribution in [0.1, 0.15) is 12.8 Å². The van der Waals surface area contributed by atoms with Crippen LogP contribution in [0, 0.1) is 0 Å². The minimum Gasteiger partial charge on any atom is -0.208 e. The van der Waals surface area contributed by atoms with Crippen molar-refractivity contribution in [2.45, 2.75) is 12.8 Å². The quantitative estimate of drug-likeness (QED) is 0.593. The first kappa shape index (κ1) is 7.75. The average molecular weight is 161 g/mol. The van der Waals surface area contributed by atoms with Gasteiger partial charge in [0.1, 0.15) is 0 Å². The molecule has 0 atom stereocenters. The summed E-state index contributed by atoms with van der Waals surface area (Å²) >= 11 is 0. The van der Waals surface area contributed by atoms with Crippen LogP contribution in [0.25, 0.3) is 0 Å². The molecule has 0 aromatic heterocycles. The smallest absolute Gasteiger partial charge is 0.208 e. The number of sulfonamides is 1. The lowest BCUT2D eigenvalue weighted by molar-refractivity contribution is 0.486. The largest absolute Gasteiger partial charge is 0.235 e. The predicted octanol–water partition coefficient (Wildman–Crippen LogP) is 0.555. The highest BCUT2D eigenvalue weighted by Crippen LogP contribution is 2.12. The predicted molar refractivity (Wildman–Crippen MR) is 39.9 cm³/mol. The van der Waals surface area contributed by atoms with Gasteiger partial charge in [0, 0.05) is 18.5 Å². The van der Waals surface area contributed by atoms with E-state index in [-0.39, 0.29) is 0 Å². The minimum atomic E-state index is -3.10. The molecule has 0 amide bonds. The van der Waals surface area contributed by atoms with Crippen LogP contribution < -0.4 is 0 Å². The Labute approximate surface area is 61.4 Å². The molecule has 0 radical (unpaired) electrons. The van der Waals surface area contributed by atoms with E-state index in [1.807, 2.05) is 0 Å². The molecule has 4 heteroatoms. The fourth-order valence-corrected chi connectivity index (χ4v) is 2.03. The van der Waals surface area contributed by atoms with Crippen LogP contribution in [0.2, 0.25) is 0 Å². The molecule has 3 nitrogen and oxygen atoms in total. The Balaban J connectivity index is 2.72. The van der Waals surface area contributed by atoms with Crippen molar-refractivity contribution in [3.8, 4) is 0 Å². The molecule has 0 unspecified atom stereocenters. The van der Waals surface area contributed by atoms with E-state index in [2.05, 4.69) is 6.58 Å². The highest BCUT2D eigenvalue weighted by Gasteiger charge is 2.21. The summed E-state index contributed by atoms with van der Waals surface area (Å²) in [5.41, 5.74) is 0. The fraction of sp³-hybridized carbons (Fsp3) is 0.667. The van der Waals surface area contributed by atoms with E-state index in [1.165, 1.54) is 4.31 Å². The number of hydrogen-bond donors (Lipinski definition) is 0. The van der Waals surface area contributed by atoms with Crippen molar-refractivity contribution in [1.29, 1.82) is 0 Å². The van der Waals surface area contributed by atoms with Gasteiger partial charge >= 0.3 is 0 Å². The molecule has 0 bridgehead atoms. The third kappa shape index (κ3) is 1.38. The SMILES string of the molecule is C=CS(=O)(=O)N1CCCC1. The summed E-state index contributed by atoms with van der Waals surface area (Å²) in [7, 11) is -3.10. The van der Waals surface area contributed by atoms with E-state index < -0.39 is 10.0 Å². The van der Waals surface area contributed by atoms with Gasteiger partial charge in [0.25, 0.3) is 0 Å². The highest BCUT2D eigenvalue weighted by atomic mass is 32.2. The van der Waals surface area contributed by atoms with Gasteiger partial charge in [-0.25, -0.2) is 8.42 Å². The van der Waals surface area contributed by atoms with E-state index in [1.54, 1.807) is 0 Å². The van der Waals surface area contributed by atoms with Crippen LogP contribution in [-0.2, 0) is 10.0 Å². The standard InChI is InChI=1S/C6H11NO2S/c1-2-10(8,9)7-5-3-4-6-7/h2H,1,3-6H2. The first-order valence-corrected chi connectivity index (χ1v) is 4.80. The summed E-state index contributed by atoms with van der Waals surface area (Å²) in [5.74, 6) is 0. The lowest BCUT2D eigenvalue weighted by atomic mass is 10.4. The lowest BCUT2D eigenvalue weighted by Crippen LogP contribution is -2.25.